The molecule has 2 aromatic carbocycles. The number of ether oxygens (including phenoxy) is 2. The van der Waals surface area contributed by atoms with Crippen LogP contribution in [0, 0.1) is 17.8 Å². The van der Waals surface area contributed by atoms with E-state index < -0.39 is 11.9 Å². The van der Waals surface area contributed by atoms with Gasteiger partial charge in [-0.15, -0.1) is 5.10 Å². The zero-order valence-electron chi connectivity index (χ0n) is 17.9. The van der Waals surface area contributed by atoms with Crippen molar-refractivity contribution in [2.45, 2.75) is 25.3 Å². The number of hydroxylamine groups is 1. The van der Waals surface area contributed by atoms with Gasteiger partial charge in [-0.05, 0) is 36.5 Å². The number of hydrogen-bond donors (Lipinski definition) is 2. The van der Waals surface area contributed by atoms with Crippen molar-refractivity contribution < 1.29 is 19.5 Å². The molecule has 8 heteroatoms. The molecule has 32 heavy (non-hydrogen) atoms. The van der Waals surface area contributed by atoms with Crippen molar-refractivity contribution in [2.24, 2.45) is 5.92 Å². The SMILES string of the molecule is COc1cc(OC)cc(-c2nnn([C@@H](Cc3ccccc3)C(=O)NO)c2C#CC2CC2)c1. The third kappa shape index (κ3) is 4.74. The number of methoxy groups -OCH3 is 2. The van der Waals surface area contributed by atoms with Gasteiger partial charge in [-0.2, -0.15) is 0 Å². The van der Waals surface area contributed by atoms with Gasteiger partial charge in [0.05, 0.1) is 14.2 Å². The highest BCUT2D eigenvalue weighted by atomic mass is 16.5. The highest BCUT2D eigenvalue weighted by Gasteiger charge is 2.27. The number of rotatable bonds is 7. The Morgan fingerprint density at radius 3 is 2.47 bits per heavy atom. The Balaban J connectivity index is 1.82. The van der Waals surface area contributed by atoms with E-state index in [0.717, 1.165) is 18.4 Å². The van der Waals surface area contributed by atoms with Crippen LogP contribution >= 0.6 is 0 Å². The van der Waals surface area contributed by atoms with Gasteiger partial charge in [-0.25, -0.2) is 10.2 Å². The van der Waals surface area contributed by atoms with E-state index in [1.165, 1.54) is 4.68 Å². The van der Waals surface area contributed by atoms with Gasteiger partial charge in [-0.3, -0.25) is 10.0 Å². The minimum atomic E-state index is -0.834. The van der Waals surface area contributed by atoms with E-state index in [9.17, 15) is 10.0 Å². The van der Waals surface area contributed by atoms with Crippen LogP contribution in [0.25, 0.3) is 11.3 Å². The van der Waals surface area contributed by atoms with Crippen molar-refractivity contribution >= 4 is 5.91 Å². The first-order valence-corrected chi connectivity index (χ1v) is 10.3. The third-order valence-electron chi connectivity index (χ3n) is 5.27. The standard InChI is InChI=1S/C24H24N4O4/c1-31-19-13-18(14-20(15-19)32-2)23-21(11-10-16-8-9-16)28(27-25-23)22(24(29)26-30)12-17-6-4-3-5-7-17/h3-7,13-16,22,30H,8-9,12H2,1-2H3,(H,26,29)/t22-/m0/s1. The van der Waals surface area contributed by atoms with E-state index in [0.29, 0.717) is 40.8 Å². The van der Waals surface area contributed by atoms with Crippen LogP contribution in [0.2, 0.25) is 0 Å². The van der Waals surface area contributed by atoms with Crippen LogP contribution in [0.4, 0.5) is 0 Å². The Morgan fingerprint density at radius 2 is 1.88 bits per heavy atom. The number of hydrogen-bond acceptors (Lipinski definition) is 6. The van der Waals surface area contributed by atoms with Gasteiger partial charge >= 0.3 is 0 Å². The number of amides is 1. The summed E-state index contributed by atoms with van der Waals surface area (Å²) in [5.74, 6) is 7.37. The van der Waals surface area contributed by atoms with Gasteiger partial charge in [0.1, 0.15) is 28.9 Å². The minimum absolute atomic E-state index is 0.315. The van der Waals surface area contributed by atoms with Crippen molar-refractivity contribution in [1.29, 1.82) is 0 Å². The van der Waals surface area contributed by atoms with E-state index in [-0.39, 0.29) is 0 Å². The molecular formula is C24H24N4O4. The Hall–Kier alpha value is -3.83. The lowest BCUT2D eigenvalue weighted by Crippen LogP contribution is -2.33. The average molecular weight is 432 g/mol. The third-order valence-corrected chi connectivity index (χ3v) is 5.27. The predicted molar refractivity (Wildman–Crippen MR) is 117 cm³/mol. The van der Waals surface area contributed by atoms with E-state index in [2.05, 4.69) is 22.2 Å². The molecule has 0 bridgehead atoms. The van der Waals surface area contributed by atoms with Crippen molar-refractivity contribution in [1.82, 2.24) is 20.5 Å². The molecule has 1 atom stereocenters. The summed E-state index contributed by atoms with van der Waals surface area (Å²) in [5, 5.41) is 18.0. The fraction of sp³-hybridized carbons (Fsp3) is 0.292. The van der Waals surface area contributed by atoms with Crippen molar-refractivity contribution in [3.8, 4) is 34.6 Å². The van der Waals surface area contributed by atoms with Gasteiger partial charge in [0, 0.05) is 24.0 Å². The largest absolute Gasteiger partial charge is 0.497 e. The smallest absolute Gasteiger partial charge is 0.268 e. The van der Waals surface area contributed by atoms with E-state index in [4.69, 9.17) is 9.47 Å². The van der Waals surface area contributed by atoms with Crippen LogP contribution in [-0.2, 0) is 11.2 Å². The van der Waals surface area contributed by atoms with Gasteiger partial charge in [0.25, 0.3) is 5.91 Å². The Labute approximate surface area is 186 Å². The van der Waals surface area contributed by atoms with Gasteiger partial charge in [0.2, 0.25) is 0 Å². The number of carbonyl (C=O) groups excluding carboxylic acids is 1. The summed E-state index contributed by atoms with van der Waals surface area (Å²) in [4.78, 5) is 12.6. The highest BCUT2D eigenvalue weighted by molar-refractivity contribution is 5.80. The molecule has 0 unspecified atom stereocenters. The molecule has 1 amide bonds. The number of carbonyl (C=O) groups is 1. The maximum atomic E-state index is 12.6. The molecule has 1 aromatic heterocycles. The van der Waals surface area contributed by atoms with Crippen LogP contribution < -0.4 is 15.0 Å². The molecule has 164 valence electrons. The summed E-state index contributed by atoms with van der Waals surface area (Å²) in [7, 11) is 3.15. The maximum Gasteiger partial charge on any atom is 0.268 e. The van der Waals surface area contributed by atoms with Gasteiger partial charge in [-0.1, -0.05) is 41.5 Å². The molecule has 0 radical (unpaired) electrons. The Morgan fingerprint density at radius 1 is 1.19 bits per heavy atom. The molecule has 0 saturated heterocycles. The molecule has 4 rings (SSSR count). The quantitative estimate of drug-likeness (QED) is 0.338. The second kappa shape index (κ2) is 9.54. The first kappa shape index (κ1) is 21.4. The van der Waals surface area contributed by atoms with E-state index >= 15 is 0 Å². The van der Waals surface area contributed by atoms with Crippen molar-refractivity contribution in [2.75, 3.05) is 14.2 Å². The second-order valence-corrected chi connectivity index (χ2v) is 7.56. The lowest BCUT2D eigenvalue weighted by Gasteiger charge is -2.16. The minimum Gasteiger partial charge on any atom is -0.497 e. The summed E-state index contributed by atoms with van der Waals surface area (Å²) in [6.07, 6.45) is 2.43. The number of nitrogens with one attached hydrogen (secondary N) is 1. The zero-order valence-corrected chi connectivity index (χ0v) is 17.9. The first-order chi connectivity index (χ1) is 15.6. The van der Waals surface area contributed by atoms with E-state index in [1.807, 2.05) is 42.5 Å². The molecule has 0 spiro atoms. The second-order valence-electron chi connectivity index (χ2n) is 7.56. The molecule has 1 aliphatic rings. The predicted octanol–water partition coefficient (Wildman–Crippen LogP) is 3.01. The molecule has 1 fully saturated rings. The summed E-state index contributed by atoms with van der Waals surface area (Å²) in [5.41, 5.74) is 4.39. The fourth-order valence-corrected chi connectivity index (χ4v) is 3.37. The number of aromatic nitrogens is 3. The Bertz CT molecular complexity index is 1140. The van der Waals surface area contributed by atoms with Crippen LogP contribution in [0.1, 0.15) is 30.1 Å². The van der Waals surface area contributed by atoms with Crippen molar-refractivity contribution in [3.05, 3.63) is 59.8 Å². The molecule has 2 N–H and O–H groups in total. The highest BCUT2D eigenvalue weighted by Crippen LogP contribution is 2.32. The van der Waals surface area contributed by atoms with Crippen LogP contribution in [-0.4, -0.2) is 40.3 Å². The normalized spacial score (nSPS) is 13.6. The van der Waals surface area contributed by atoms with Crippen LogP contribution in [0.3, 0.4) is 0 Å². The molecule has 0 aliphatic heterocycles. The lowest BCUT2D eigenvalue weighted by atomic mass is 10.0. The monoisotopic (exact) mass is 432 g/mol. The number of benzene rings is 2. The maximum absolute atomic E-state index is 12.6. The van der Waals surface area contributed by atoms with Crippen LogP contribution in [0.5, 0.6) is 11.5 Å². The zero-order chi connectivity index (χ0) is 22.5. The van der Waals surface area contributed by atoms with Crippen LogP contribution in [0.15, 0.2) is 48.5 Å². The van der Waals surface area contributed by atoms with Crippen molar-refractivity contribution in [3.63, 3.8) is 0 Å². The summed E-state index contributed by atoms with van der Waals surface area (Å²) in [6, 6.07) is 14.1. The molecule has 3 aromatic rings. The number of nitrogens with zero attached hydrogens (tertiary/aromatic N) is 3. The average Bonchev–Trinajstić information content (AvgIpc) is 3.58. The van der Waals surface area contributed by atoms with Gasteiger partial charge < -0.3 is 9.47 Å². The summed E-state index contributed by atoms with van der Waals surface area (Å²) in [6.45, 7) is 0. The summed E-state index contributed by atoms with van der Waals surface area (Å²) < 4.78 is 12.3. The molecule has 8 nitrogen and oxygen atoms in total. The summed E-state index contributed by atoms with van der Waals surface area (Å²) >= 11 is 0. The van der Waals surface area contributed by atoms with E-state index in [1.54, 1.807) is 25.8 Å². The molecule has 1 aliphatic carbocycles. The Kier molecular flexibility index (Phi) is 6.38. The molecular weight excluding hydrogens is 408 g/mol. The fourth-order valence-electron chi connectivity index (χ4n) is 3.37. The first-order valence-electron chi connectivity index (χ1n) is 10.3. The lowest BCUT2D eigenvalue weighted by molar-refractivity contribution is -0.133. The van der Waals surface area contributed by atoms with Gasteiger partial charge in [0.15, 0.2) is 0 Å². The topological polar surface area (TPSA) is 98.5 Å². The molecule has 1 heterocycles. The molecule has 1 saturated carbocycles.